The van der Waals surface area contributed by atoms with Crippen LogP contribution in [0.1, 0.15) is 46.5 Å². The summed E-state index contributed by atoms with van der Waals surface area (Å²) in [4.78, 5) is 0. The Hall–Kier alpha value is -0.220. The largest absolute Gasteiger partial charge is 0.354 e. The summed E-state index contributed by atoms with van der Waals surface area (Å²) in [5.41, 5.74) is -0.163. The van der Waals surface area contributed by atoms with Gasteiger partial charge in [-0.1, -0.05) is 20.8 Å². The third kappa shape index (κ3) is 2.97. The predicted octanol–water partition coefficient (Wildman–Crippen LogP) is 3.17. The monoisotopic (exact) mass is 247 g/mol. The van der Waals surface area contributed by atoms with E-state index in [1.165, 1.54) is 0 Å². The molecule has 1 saturated carbocycles. The van der Waals surface area contributed by atoms with Gasteiger partial charge in [-0.15, -0.1) is 0 Å². The molecule has 0 radical (unpaired) electrons. The van der Waals surface area contributed by atoms with Gasteiger partial charge in [0.25, 0.3) is 5.92 Å². The summed E-state index contributed by atoms with van der Waals surface area (Å²) >= 11 is 0. The Bertz CT molecular complexity index is 266. The lowest BCUT2D eigenvalue weighted by molar-refractivity contribution is -0.209. The molecular weight excluding hydrogens is 224 g/mol. The fourth-order valence-electron chi connectivity index (χ4n) is 2.91. The van der Waals surface area contributed by atoms with E-state index in [-0.39, 0.29) is 6.54 Å². The van der Waals surface area contributed by atoms with E-state index in [0.717, 1.165) is 25.7 Å². The van der Waals surface area contributed by atoms with Gasteiger partial charge >= 0.3 is 0 Å². The maximum absolute atomic E-state index is 13.0. The fourth-order valence-corrected chi connectivity index (χ4v) is 2.91. The molecule has 0 aromatic carbocycles. The van der Waals surface area contributed by atoms with Crippen LogP contribution in [0, 0.1) is 11.3 Å². The molecule has 2 rings (SSSR count). The zero-order chi connectivity index (χ0) is 12.7. The van der Waals surface area contributed by atoms with Crippen molar-refractivity contribution in [2.24, 2.45) is 11.3 Å². The predicted molar refractivity (Wildman–Crippen MR) is 63.0 cm³/mol. The van der Waals surface area contributed by atoms with Crippen molar-refractivity contribution in [2.45, 2.75) is 58.1 Å². The maximum Gasteiger partial charge on any atom is 0.283 e. The molecule has 0 aromatic heterocycles. The minimum absolute atomic E-state index is 0.243. The van der Waals surface area contributed by atoms with Crippen molar-refractivity contribution in [3.05, 3.63) is 0 Å². The highest BCUT2D eigenvalue weighted by molar-refractivity contribution is 4.93. The summed E-state index contributed by atoms with van der Waals surface area (Å²) in [7, 11) is 0. The lowest BCUT2D eigenvalue weighted by Gasteiger charge is -2.47. The molecule has 0 bridgehead atoms. The van der Waals surface area contributed by atoms with Gasteiger partial charge in [0, 0.05) is 0 Å². The van der Waals surface area contributed by atoms with Gasteiger partial charge in [0.15, 0.2) is 0 Å². The highest BCUT2D eigenvalue weighted by atomic mass is 19.3. The number of hydrogen-bond donors (Lipinski definition) is 1. The number of hydrogen-bond acceptors (Lipinski definition) is 2. The van der Waals surface area contributed by atoms with Gasteiger partial charge in [-0.3, -0.25) is 5.32 Å². The Kier molecular flexibility index (Phi) is 3.24. The standard InChI is InChI=1S/C13H23F2NO/c1-11(2,3)10-4-6-13(7-5-10)16-8-12(14,15)9-17-13/h10,16H,4-9H2,1-3H3. The molecule has 2 aliphatic rings. The lowest BCUT2D eigenvalue weighted by Crippen LogP contribution is -2.60. The van der Waals surface area contributed by atoms with Crippen LogP contribution in [0.5, 0.6) is 0 Å². The first-order chi connectivity index (χ1) is 7.73. The van der Waals surface area contributed by atoms with Crippen LogP contribution in [-0.4, -0.2) is 24.8 Å². The van der Waals surface area contributed by atoms with E-state index in [2.05, 4.69) is 26.1 Å². The van der Waals surface area contributed by atoms with E-state index in [1.807, 2.05) is 0 Å². The zero-order valence-electron chi connectivity index (χ0n) is 11.0. The summed E-state index contributed by atoms with van der Waals surface area (Å²) < 4.78 is 31.5. The molecule has 4 heteroatoms. The second-order valence-corrected chi connectivity index (χ2v) is 6.63. The first kappa shape index (κ1) is 13.2. The fraction of sp³-hybridized carbons (Fsp3) is 1.00. The zero-order valence-corrected chi connectivity index (χ0v) is 11.0. The van der Waals surface area contributed by atoms with Crippen molar-refractivity contribution in [1.82, 2.24) is 5.32 Å². The van der Waals surface area contributed by atoms with Gasteiger partial charge in [0.2, 0.25) is 0 Å². The second kappa shape index (κ2) is 4.16. The van der Waals surface area contributed by atoms with Gasteiger partial charge in [-0.05, 0) is 37.0 Å². The summed E-state index contributed by atoms with van der Waals surface area (Å²) in [6, 6.07) is 0. The second-order valence-electron chi connectivity index (χ2n) is 6.63. The van der Waals surface area contributed by atoms with Crippen LogP contribution < -0.4 is 5.32 Å². The first-order valence-electron chi connectivity index (χ1n) is 6.49. The SMILES string of the molecule is CC(C)(C)C1CCC2(CC1)NCC(F)(F)CO2. The highest BCUT2D eigenvalue weighted by Gasteiger charge is 2.46. The molecule has 0 atom stereocenters. The molecule has 1 saturated heterocycles. The van der Waals surface area contributed by atoms with E-state index in [0.29, 0.717) is 11.3 Å². The Morgan fingerprint density at radius 1 is 1.18 bits per heavy atom. The van der Waals surface area contributed by atoms with Crippen molar-refractivity contribution < 1.29 is 13.5 Å². The minimum atomic E-state index is -2.70. The van der Waals surface area contributed by atoms with E-state index >= 15 is 0 Å². The van der Waals surface area contributed by atoms with E-state index in [1.54, 1.807) is 0 Å². The molecule has 0 amide bonds. The topological polar surface area (TPSA) is 21.3 Å². The Balaban J connectivity index is 1.91. The van der Waals surface area contributed by atoms with Crippen LogP contribution in [0.2, 0.25) is 0 Å². The highest BCUT2D eigenvalue weighted by Crippen LogP contribution is 2.43. The van der Waals surface area contributed by atoms with Crippen molar-refractivity contribution in [3.8, 4) is 0 Å². The van der Waals surface area contributed by atoms with E-state index in [4.69, 9.17) is 4.74 Å². The Morgan fingerprint density at radius 3 is 2.18 bits per heavy atom. The third-order valence-electron chi connectivity index (χ3n) is 4.25. The molecule has 1 aliphatic heterocycles. The van der Waals surface area contributed by atoms with Gasteiger partial charge in [-0.2, -0.15) is 0 Å². The van der Waals surface area contributed by atoms with Crippen molar-refractivity contribution in [3.63, 3.8) is 0 Å². The number of alkyl halides is 2. The number of nitrogens with one attached hydrogen (secondary N) is 1. The Labute approximate surface area is 102 Å². The summed E-state index contributed by atoms with van der Waals surface area (Å²) in [6.45, 7) is 6.07. The van der Waals surface area contributed by atoms with Crippen LogP contribution in [0.15, 0.2) is 0 Å². The quantitative estimate of drug-likeness (QED) is 0.710. The molecule has 1 aliphatic carbocycles. The molecule has 1 heterocycles. The van der Waals surface area contributed by atoms with Crippen LogP contribution in [0.4, 0.5) is 8.78 Å². The van der Waals surface area contributed by atoms with Crippen LogP contribution >= 0.6 is 0 Å². The average molecular weight is 247 g/mol. The lowest BCUT2D eigenvalue weighted by atomic mass is 9.70. The van der Waals surface area contributed by atoms with Gasteiger partial charge in [0.1, 0.15) is 12.3 Å². The van der Waals surface area contributed by atoms with Gasteiger partial charge in [-0.25, -0.2) is 8.78 Å². The van der Waals surface area contributed by atoms with E-state index < -0.39 is 18.3 Å². The molecule has 1 spiro atoms. The number of halogens is 2. The van der Waals surface area contributed by atoms with E-state index in [9.17, 15) is 8.78 Å². The van der Waals surface area contributed by atoms with Crippen LogP contribution in [-0.2, 0) is 4.74 Å². The molecule has 2 fully saturated rings. The molecule has 0 aromatic rings. The Morgan fingerprint density at radius 2 is 1.76 bits per heavy atom. The van der Waals surface area contributed by atoms with Crippen LogP contribution in [0.25, 0.3) is 0 Å². The molecule has 100 valence electrons. The van der Waals surface area contributed by atoms with Crippen molar-refractivity contribution >= 4 is 0 Å². The molecular formula is C13H23F2NO. The number of rotatable bonds is 0. The van der Waals surface area contributed by atoms with Crippen molar-refractivity contribution in [2.75, 3.05) is 13.2 Å². The normalized spacial score (nSPS) is 38.3. The summed E-state index contributed by atoms with van der Waals surface area (Å²) in [6.07, 6.45) is 3.82. The number of ether oxygens (including phenoxy) is 1. The third-order valence-corrected chi connectivity index (χ3v) is 4.25. The summed E-state index contributed by atoms with van der Waals surface area (Å²) in [5, 5.41) is 2.92. The molecule has 2 nitrogen and oxygen atoms in total. The molecule has 0 unspecified atom stereocenters. The first-order valence-corrected chi connectivity index (χ1v) is 6.49. The van der Waals surface area contributed by atoms with Gasteiger partial charge < -0.3 is 4.74 Å². The maximum atomic E-state index is 13.0. The molecule has 17 heavy (non-hydrogen) atoms. The smallest absolute Gasteiger partial charge is 0.283 e. The summed E-state index contributed by atoms with van der Waals surface area (Å²) in [5.74, 6) is -2.03. The van der Waals surface area contributed by atoms with Crippen molar-refractivity contribution in [1.29, 1.82) is 0 Å². The average Bonchev–Trinajstić information content (AvgIpc) is 2.23. The minimum Gasteiger partial charge on any atom is -0.354 e. The van der Waals surface area contributed by atoms with Crippen LogP contribution in [0.3, 0.4) is 0 Å². The van der Waals surface area contributed by atoms with Gasteiger partial charge in [0.05, 0.1) is 6.54 Å². The molecule has 1 N–H and O–H groups in total.